The van der Waals surface area contributed by atoms with Crippen LogP contribution in [-0.2, 0) is 12.8 Å². The van der Waals surface area contributed by atoms with Crippen LogP contribution in [0.15, 0.2) is 18.2 Å². The fourth-order valence-corrected chi connectivity index (χ4v) is 2.27. The van der Waals surface area contributed by atoms with Crippen molar-refractivity contribution in [2.24, 2.45) is 0 Å². The van der Waals surface area contributed by atoms with Gasteiger partial charge in [-0.15, -0.1) is 0 Å². The predicted molar refractivity (Wildman–Crippen MR) is 69.8 cm³/mol. The van der Waals surface area contributed by atoms with Crippen LogP contribution in [0, 0.1) is 0 Å². The Kier molecular flexibility index (Phi) is 1.55. The van der Waals surface area contributed by atoms with Crippen molar-refractivity contribution in [3.63, 3.8) is 0 Å². The molecule has 1 aliphatic heterocycles. The maximum absolute atomic E-state index is 8.30. The SMILES string of the molecule is [2H]C1([2H])CN(C([2H])([2H])[2H])CCc2c1[nH]c1cc(OC)ccc21. The first kappa shape index (κ1) is 6.45. The summed E-state index contributed by atoms with van der Waals surface area (Å²) in [4.78, 5) is 4.36. The number of hydrogen-bond acceptors (Lipinski definition) is 2. The molecule has 0 spiro atoms. The van der Waals surface area contributed by atoms with Gasteiger partial charge in [0, 0.05) is 49.0 Å². The molecule has 3 rings (SSSR count). The fraction of sp³-hybridized carbons (Fsp3) is 0.429. The first-order valence-electron chi connectivity index (χ1n) is 8.16. The Morgan fingerprint density at radius 3 is 3.24 bits per heavy atom. The van der Waals surface area contributed by atoms with E-state index in [1.54, 1.807) is 7.11 Å². The molecule has 0 amide bonds. The van der Waals surface area contributed by atoms with Crippen molar-refractivity contribution in [2.75, 3.05) is 27.2 Å². The van der Waals surface area contributed by atoms with Gasteiger partial charge in [0.05, 0.1) is 7.11 Å². The zero-order valence-corrected chi connectivity index (χ0v) is 9.71. The van der Waals surface area contributed by atoms with Crippen LogP contribution in [0.2, 0.25) is 0 Å². The first-order chi connectivity index (χ1) is 10.2. The number of aromatic amines is 1. The van der Waals surface area contributed by atoms with Crippen molar-refractivity contribution in [3.05, 3.63) is 29.5 Å². The van der Waals surface area contributed by atoms with E-state index in [-0.39, 0.29) is 6.54 Å². The number of aromatic nitrogens is 1. The zero-order chi connectivity index (χ0) is 16.1. The number of methoxy groups -OCH3 is 1. The highest BCUT2D eigenvalue weighted by atomic mass is 16.5. The molecule has 0 aliphatic carbocycles. The average Bonchev–Trinajstić information content (AvgIpc) is 2.74. The Morgan fingerprint density at radius 2 is 2.41 bits per heavy atom. The van der Waals surface area contributed by atoms with Gasteiger partial charge in [0.1, 0.15) is 5.75 Å². The monoisotopic (exact) mass is 235 g/mol. The van der Waals surface area contributed by atoms with Gasteiger partial charge in [0.2, 0.25) is 0 Å². The van der Waals surface area contributed by atoms with Crippen LogP contribution in [0.1, 0.15) is 18.1 Å². The number of nitrogens with one attached hydrogen (secondary N) is 1. The molecule has 1 aromatic heterocycles. The molecule has 90 valence electrons. The number of ether oxygens (including phenoxy) is 1. The van der Waals surface area contributed by atoms with E-state index < -0.39 is 13.3 Å². The normalized spacial score (nSPS) is 24.9. The molecule has 0 unspecified atom stereocenters. The third kappa shape index (κ3) is 1.80. The van der Waals surface area contributed by atoms with Gasteiger partial charge < -0.3 is 14.6 Å². The van der Waals surface area contributed by atoms with Gasteiger partial charge in [-0.05, 0) is 31.1 Å². The van der Waals surface area contributed by atoms with E-state index in [4.69, 9.17) is 11.6 Å². The van der Waals surface area contributed by atoms with Crippen molar-refractivity contribution in [1.29, 1.82) is 0 Å². The molecule has 3 nitrogen and oxygen atoms in total. The van der Waals surface area contributed by atoms with Crippen LogP contribution < -0.4 is 4.74 Å². The fourth-order valence-electron chi connectivity index (χ4n) is 2.27. The molecule has 0 atom stereocenters. The van der Waals surface area contributed by atoms with Crippen LogP contribution in [0.25, 0.3) is 10.9 Å². The summed E-state index contributed by atoms with van der Waals surface area (Å²) >= 11 is 0. The minimum atomic E-state index is -2.28. The number of fused-ring (bicyclic) bond motifs is 3. The van der Waals surface area contributed by atoms with Crippen LogP contribution in [0.5, 0.6) is 5.75 Å². The highest BCUT2D eigenvalue weighted by Crippen LogP contribution is 2.28. The van der Waals surface area contributed by atoms with E-state index in [2.05, 4.69) is 4.98 Å². The molecular weight excluding hydrogens is 212 g/mol. The number of H-pyrrole nitrogens is 1. The lowest BCUT2D eigenvalue weighted by molar-refractivity contribution is 0.352. The Balaban J connectivity index is 2.10. The highest BCUT2D eigenvalue weighted by Gasteiger charge is 2.16. The quantitative estimate of drug-likeness (QED) is 0.821. The zero-order valence-electron chi connectivity index (χ0n) is 14.7. The Labute approximate surface area is 108 Å². The third-order valence-electron chi connectivity index (χ3n) is 3.19. The molecule has 0 saturated carbocycles. The van der Waals surface area contributed by atoms with Gasteiger partial charge >= 0.3 is 0 Å². The molecule has 17 heavy (non-hydrogen) atoms. The van der Waals surface area contributed by atoms with E-state index in [0.29, 0.717) is 24.4 Å². The molecular formula is C14H18N2O. The van der Waals surface area contributed by atoms with Crippen molar-refractivity contribution in [3.8, 4) is 5.75 Å². The van der Waals surface area contributed by atoms with Crippen molar-refractivity contribution in [2.45, 2.75) is 12.8 Å². The summed E-state index contributed by atoms with van der Waals surface area (Å²) in [6.07, 6.45) is -1.24. The van der Waals surface area contributed by atoms with E-state index in [1.807, 2.05) is 18.2 Å². The maximum atomic E-state index is 8.30. The number of rotatable bonds is 1. The molecule has 2 heterocycles. The Hall–Kier alpha value is -1.48. The molecule has 3 heteroatoms. The summed E-state index contributed by atoms with van der Waals surface area (Å²) in [6.45, 7) is -2.13. The number of benzene rings is 1. The van der Waals surface area contributed by atoms with Crippen LogP contribution >= 0.6 is 0 Å². The maximum Gasteiger partial charge on any atom is 0.120 e. The summed E-state index contributed by atoms with van der Waals surface area (Å²) in [7, 11) is 1.59. The number of nitrogens with zero attached hydrogens (tertiary/aromatic N) is 1. The summed E-state index contributed by atoms with van der Waals surface area (Å²) in [5.74, 6) is 0.702. The second kappa shape index (κ2) is 4.08. The molecule has 1 aromatic carbocycles. The second-order valence-corrected chi connectivity index (χ2v) is 4.24. The van der Waals surface area contributed by atoms with Gasteiger partial charge in [-0.3, -0.25) is 0 Å². The summed E-state index contributed by atoms with van der Waals surface area (Å²) in [5.41, 5.74) is 2.15. The van der Waals surface area contributed by atoms with Crippen LogP contribution in [-0.4, -0.2) is 37.1 Å². The number of hydrogen-bond donors (Lipinski definition) is 1. The summed E-state index contributed by atoms with van der Waals surface area (Å²) < 4.78 is 44.4. The second-order valence-electron chi connectivity index (χ2n) is 4.24. The highest BCUT2D eigenvalue weighted by molar-refractivity contribution is 5.86. The van der Waals surface area contributed by atoms with Crippen LogP contribution in [0.3, 0.4) is 0 Å². The van der Waals surface area contributed by atoms with Gasteiger partial charge in [0.25, 0.3) is 0 Å². The van der Waals surface area contributed by atoms with Crippen LogP contribution in [0.4, 0.5) is 0 Å². The van der Waals surface area contributed by atoms with Crippen molar-refractivity contribution >= 4 is 10.9 Å². The van der Waals surface area contributed by atoms with Gasteiger partial charge in [-0.25, -0.2) is 0 Å². The third-order valence-corrected chi connectivity index (χ3v) is 3.19. The van der Waals surface area contributed by atoms with Crippen molar-refractivity contribution < 1.29 is 11.6 Å². The van der Waals surface area contributed by atoms with E-state index >= 15 is 0 Å². The van der Waals surface area contributed by atoms with Gasteiger partial charge in [-0.2, -0.15) is 0 Å². The predicted octanol–water partition coefficient (Wildman–Crippen LogP) is 2.21. The molecule has 0 bridgehead atoms. The summed E-state index contributed by atoms with van der Waals surface area (Å²) in [5, 5.41) is 0.923. The largest absolute Gasteiger partial charge is 0.497 e. The molecule has 1 N–H and O–H groups in total. The van der Waals surface area contributed by atoms with Gasteiger partial charge in [0.15, 0.2) is 0 Å². The topological polar surface area (TPSA) is 28.3 Å². The lowest BCUT2D eigenvalue weighted by atomic mass is 10.1. The molecule has 0 saturated heterocycles. The van der Waals surface area contributed by atoms with E-state index in [9.17, 15) is 0 Å². The molecule has 2 aromatic rings. The molecule has 1 aliphatic rings. The minimum absolute atomic E-state index is 0.152. The number of likely N-dealkylation sites (N-methyl/N-ethyl adjacent to an activating group) is 1. The van der Waals surface area contributed by atoms with E-state index in [0.717, 1.165) is 16.5 Å². The van der Waals surface area contributed by atoms with Gasteiger partial charge in [-0.1, -0.05) is 0 Å². The smallest absolute Gasteiger partial charge is 0.120 e. The minimum Gasteiger partial charge on any atom is -0.497 e. The lowest BCUT2D eigenvalue weighted by Crippen LogP contribution is -2.21. The summed E-state index contributed by atoms with van der Waals surface area (Å²) in [6, 6.07) is 5.56. The standard InChI is InChI=1S/C14H18N2O/c1-16-7-5-12-11-4-3-10(17-2)9-14(11)15-13(12)6-8-16/h3-4,9,15H,5-8H2,1-2H3/i1D3,6D2. The Morgan fingerprint density at radius 1 is 1.47 bits per heavy atom. The Bertz CT molecular complexity index is 707. The lowest BCUT2D eigenvalue weighted by Gasteiger charge is -2.11. The average molecular weight is 235 g/mol. The van der Waals surface area contributed by atoms with Crippen molar-refractivity contribution in [1.82, 2.24) is 9.88 Å². The first-order valence-corrected chi connectivity index (χ1v) is 5.66. The molecule has 0 fully saturated rings. The molecule has 0 radical (unpaired) electrons. The van der Waals surface area contributed by atoms with E-state index in [1.165, 1.54) is 4.90 Å².